The minimum absolute atomic E-state index is 0.0632. The highest BCUT2D eigenvalue weighted by atomic mass is 19.3. The molecule has 0 bridgehead atoms. The highest BCUT2D eigenvalue weighted by Gasteiger charge is 2.12. The summed E-state index contributed by atoms with van der Waals surface area (Å²) in [5.41, 5.74) is 0.0632. The van der Waals surface area contributed by atoms with E-state index in [0.29, 0.717) is 0 Å². The lowest BCUT2D eigenvalue weighted by Crippen LogP contribution is -2.20. The van der Waals surface area contributed by atoms with Crippen LogP contribution in [0.3, 0.4) is 0 Å². The number of esters is 1. The number of nitrogens with one attached hydrogen (secondary N) is 1. The summed E-state index contributed by atoms with van der Waals surface area (Å²) >= 11 is 0. The molecule has 0 saturated heterocycles. The first-order chi connectivity index (χ1) is 10.5. The second kappa shape index (κ2) is 9.28. The molecule has 1 aromatic carbocycles. The van der Waals surface area contributed by atoms with E-state index in [1.807, 2.05) is 0 Å². The first-order valence-electron chi connectivity index (χ1n) is 6.32. The largest absolute Gasteiger partial charge is 0.452 e. The Kier molecular flexibility index (Phi) is 7.32. The van der Waals surface area contributed by atoms with Gasteiger partial charge in [0.2, 0.25) is 0 Å². The van der Waals surface area contributed by atoms with Gasteiger partial charge in [-0.2, -0.15) is 8.78 Å². The van der Waals surface area contributed by atoms with Gasteiger partial charge in [0.25, 0.3) is 5.91 Å². The number of anilines is 1. The highest BCUT2D eigenvalue weighted by Crippen LogP contribution is 2.25. The average molecular weight is 311 g/mol. The van der Waals surface area contributed by atoms with Crippen molar-refractivity contribution in [1.82, 2.24) is 0 Å². The van der Waals surface area contributed by atoms with E-state index in [2.05, 4.69) is 14.8 Å². The van der Waals surface area contributed by atoms with Crippen LogP contribution in [0.2, 0.25) is 0 Å². The number of ether oxygens (including phenoxy) is 2. The van der Waals surface area contributed by atoms with E-state index >= 15 is 0 Å². The van der Waals surface area contributed by atoms with Crippen molar-refractivity contribution in [2.24, 2.45) is 0 Å². The summed E-state index contributed by atoms with van der Waals surface area (Å²) in [6, 6.07) is 5.70. The van der Waals surface area contributed by atoms with Crippen LogP contribution in [0.1, 0.15) is 6.92 Å². The predicted octanol–water partition coefficient (Wildman–Crippen LogP) is 2.90. The van der Waals surface area contributed by atoms with E-state index in [1.165, 1.54) is 24.3 Å². The Morgan fingerprint density at radius 3 is 2.68 bits per heavy atom. The molecule has 118 valence electrons. The van der Waals surface area contributed by atoms with Crippen molar-refractivity contribution in [1.29, 1.82) is 0 Å². The van der Waals surface area contributed by atoms with E-state index in [4.69, 9.17) is 0 Å². The lowest BCUT2D eigenvalue weighted by atomic mass is 10.3. The normalized spacial score (nSPS) is 11.1. The molecule has 1 amide bonds. The molecule has 0 unspecified atom stereocenters. The molecule has 0 aromatic heterocycles. The van der Waals surface area contributed by atoms with Crippen molar-refractivity contribution in [3.8, 4) is 5.75 Å². The number of hydrogen-bond acceptors (Lipinski definition) is 4. The molecule has 0 spiro atoms. The Morgan fingerprint density at radius 1 is 1.27 bits per heavy atom. The SMILES string of the molecule is CC=CC=CC(=O)OCC(=O)Nc1ccccc1OC(F)F. The van der Waals surface area contributed by atoms with Crippen LogP contribution in [0, 0.1) is 0 Å². The second-order valence-corrected chi connectivity index (χ2v) is 3.92. The van der Waals surface area contributed by atoms with Gasteiger partial charge < -0.3 is 14.8 Å². The number of amides is 1. The molecule has 22 heavy (non-hydrogen) atoms. The van der Waals surface area contributed by atoms with Gasteiger partial charge in [-0.15, -0.1) is 0 Å². The molecule has 1 N–H and O–H groups in total. The summed E-state index contributed by atoms with van der Waals surface area (Å²) in [7, 11) is 0. The Bertz CT molecular complexity index is 570. The molecule has 0 radical (unpaired) electrons. The van der Waals surface area contributed by atoms with Gasteiger partial charge in [0.15, 0.2) is 6.61 Å². The van der Waals surface area contributed by atoms with Crippen molar-refractivity contribution in [2.45, 2.75) is 13.5 Å². The zero-order chi connectivity index (χ0) is 16.4. The van der Waals surface area contributed by atoms with Crippen LogP contribution in [-0.4, -0.2) is 25.1 Å². The zero-order valence-electron chi connectivity index (χ0n) is 11.8. The number of allylic oxidation sites excluding steroid dienone is 3. The number of benzene rings is 1. The van der Waals surface area contributed by atoms with E-state index in [1.54, 1.807) is 25.1 Å². The van der Waals surface area contributed by atoms with Crippen LogP contribution < -0.4 is 10.1 Å². The predicted molar refractivity (Wildman–Crippen MR) is 76.6 cm³/mol. The smallest absolute Gasteiger partial charge is 0.387 e. The monoisotopic (exact) mass is 311 g/mol. The fourth-order valence-electron chi connectivity index (χ4n) is 1.38. The summed E-state index contributed by atoms with van der Waals surface area (Å²) in [6.07, 6.45) is 5.96. The number of carbonyl (C=O) groups excluding carboxylic acids is 2. The standard InChI is InChI=1S/C15H15F2NO4/c1-2-3-4-9-14(20)21-10-13(19)18-11-7-5-6-8-12(11)22-15(16)17/h2-9,15H,10H2,1H3,(H,18,19). The van der Waals surface area contributed by atoms with Gasteiger partial charge in [-0.3, -0.25) is 4.79 Å². The molecule has 5 nitrogen and oxygen atoms in total. The number of hydrogen-bond donors (Lipinski definition) is 1. The number of carbonyl (C=O) groups is 2. The summed E-state index contributed by atoms with van der Waals surface area (Å²) in [5, 5.41) is 2.33. The maximum Gasteiger partial charge on any atom is 0.387 e. The van der Waals surface area contributed by atoms with Crippen LogP contribution in [-0.2, 0) is 14.3 Å². The third-order valence-corrected chi connectivity index (χ3v) is 2.26. The van der Waals surface area contributed by atoms with Crippen molar-refractivity contribution >= 4 is 17.6 Å². The van der Waals surface area contributed by atoms with E-state index in [9.17, 15) is 18.4 Å². The van der Waals surface area contributed by atoms with Crippen LogP contribution >= 0.6 is 0 Å². The molecule has 7 heteroatoms. The maximum absolute atomic E-state index is 12.2. The minimum Gasteiger partial charge on any atom is -0.452 e. The third-order valence-electron chi connectivity index (χ3n) is 2.26. The molecule has 0 saturated carbocycles. The molecule has 0 heterocycles. The number of alkyl halides is 2. The maximum atomic E-state index is 12.2. The molecule has 1 rings (SSSR count). The Hall–Kier alpha value is -2.70. The molecule has 0 aliphatic rings. The molecule has 1 aromatic rings. The first kappa shape index (κ1) is 17.4. The zero-order valence-corrected chi connectivity index (χ0v) is 11.8. The average Bonchev–Trinajstić information content (AvgIpc) is 2.47. The quantitative estimate of drug-likeness (QED) is 0.478. The van der Waals surface area contributed by atoms with Gasteiger partial charge in [-0.05, 0) is 19.1 Å². The minimum atomic E-state index is -3.01. The number of para-hydroxylation sites is 2. The molecule has 0 aliphatic heterocycles. The lowest BCUT2D eigenvalue weighted by Gasteiger charge is -2.11. The van der Waals surface area contributed by atoms with E-state index in [-0.39, 0.29) is 11.4 Å². The van der Waals surface area contributed by atoms with Crippen molar-refractivity contribution in [3.05, 3.63) is 48.6 Å². The van der Waals surface area contributed by atoms with Crippen molar-refractivity contribution < 1.29 is 27.8 Å². The van der Waals surface area contributed by atoms with Crippen molar-refractivity contribution in [2.75, 3.05) is 11.9 Å². The summed E-state index contributed by atoms with van der Waals surface area (Å²) in [5.74, 6) is -1.53. The van der Waals surface area contributed by atoms with E-state index in [0.717, 1.165) is 6.08 Å². The topological polar surface area (TPSA) is 64.6 Å². The summed E-state index contributed by atoms with van der Waals surface area (Å²) in [6.45, 7) is -1.77. The Morgan fingerprint density at radius 2 is 2.00 bits per heavy atom. The fourth-order valence-corrected chi connectivity index (χ4v) is 1.38. The molecule has 0 aliphatic carbocycles. The van der Waals surface area contributed by atoms with Crippen LogP contribution in [0.15, 0.2) is 48.6 Å². The van der Waals surface area contributed by atoms with Crippen LogP contribution in [0.4, 0.5) is 14.5 Å². The van der Waals surface area contributed by atoms with Gasteiger partial charge >= 0.3 is 12.6 Å². The summed E-state index contributed by atoms with van der Waals surface area (Å²) in [4.78, 5) is 22.9. The Balaban J connectivity index is 2.53. The van der Waals surface area contributed by atoms with Gasteiger partial charge in [0, 0.05) is 6.08 Å². The molecular weight excluding hydrogens is 296 g/mol. The number of rotatable bonds is 7. The lowest BCUT2D eigenvalue weighted by molar-refractivity contribution is -0.142. The van der Waals surface area contributed by atoms with E-state index < -0.39 is 25.1 Å². The van der Waals surface area contributed by atoms with Crippen LogP contribution in [0.25, 0.3) is 0 Å². The number of halogens is 2. The molecule has 0 fully saturated rings. The molecule has 0 atom stereocenters. The first-order valence-corrected chi connectivity index (χ1v) is 6.32. The van der Waals surface area contributed by atoms with Gasteiger partial charge in [-0.25, -0.2) is 4.79 Å². The van der Waals surface area contributed by atoms with Gasteiger partial charge in [0.1, 0.15) is 5.75 Å². The van der Waals surface area contributed by atoms with Gasteiger partial charge in [0.05, 0.1) is 5.69 Å². The van der Waals surface area contributed by atoms with Crippen LogP contribution in [0.5, 0.6) is 5.75 Å². The fraction of sp³-hybridized carbons (Fsp3) is 0.200. The highest BCUT2D eigenvalue weighted by molar-refractivity contribution is 5.94. The van der Waals surface area contributed by atoms with Gasteiger partial charge in [-0.1, -0.05) is 30.4 Å². The molecular formula is C15H15F2NO4. The van der Waals surface area contributed by atoms with Crippen molar-refractivity contribution in [3.63, 3.8) is 0 Å². The second-order valence-electron chi connectivity index (χ2n) is 3.92. The summed E-state index contributed by atoms with van der Waals surface area (Å²) < 4.78 is 33.4. The Labute approximate surface area is 126 Å². The third kappa shape index (κ3) is 6.65.